The molecule has 138 valence electrons. The monoisotopic (exact) mass is 360 g/mol. The van der Waals surface area contributed by atoms with Gasteiger partial charge in [0.15, 0.2) is 0 Å². The Bertz CT molecular complexity index is 906. The molecule has 0 heterocycles. The minimum Gasteiger partial charge on any atom is -0.377 e. The summed E-state index contributed by atoms with van der Waals surface area (Å²) in [5, 5.41) is 6.62. The highest BCUT2D eigenvalue weighted by atomic mass is 16.1. The highest BCUT2D eigenvalue weighted by Crippen LogP contribution is 2.28. The predicted octanol–water partition coefficient (Wildman–Crippen LogP) is 4.62. The number of Topliss-reactive ketones (excluding diaryl/α,β-unsaturated/α-hetero) is 2. The molecule has 0 unspecified atom stereocenters. The standard InChI is InChI=1S/C23H24N2O2/c1-15-11-13-17(14-12-15)25-21-20(24-16-7-3-2-4-8-16)22(26)18-9-5-6-10-19(18)23(21)27/h5-6,9-14,16,24-25H,2-4,7-8H2,1H3. The van der Waals surface area contributed by atoms with Crippen LogP contribution in [0.5, 0.6) is 0 Å². The summed E-state index contributed by atoms with van der Waals surface area (Å²) in [6.45, 7) is 2.02. The van der Waals surface area contributed by atoms with Crippen LogP contribution in [0.2, 0.25) is 0 Å². The fourth-order valence-electron chi connectivity index (χ4n) is 3.86. The molecule has 0 radical (unpaired) electrons. The first kappa shape index (κ1) is 17.5. The number of anilines is 1. The molecule has 2 aliphatic carbocycles. The Morgan fingerprint density at radius 3 is 2.00 bits per heavy atom. The summed E-state index contributed by atoms with van der Waals surface area (Å²) in [7, 11) is 0. The normalized spacial score (nSPS) is 17.7. The molecule has 0 spiro atoms. The third-order valence-electron chi connectivity index (χ3n) is 5.39. The maximum absolute atomic E-state index is 13.2. The number of fused-ring (bicyclic) bond motifs is 1. The Morgan fingerprint density at radius 2 is 1.37 bits per heavy atom. The number of ketones is 2. The predicted molar refractivity (Wildman–Crippen MR) is 107 cm³/mol. The second kappa shape index (κ2) is 7.39. The van der Waals surface area contributed by atoms with E-state index in [4.69, 9.17) is 0 Å². The van der Waals surface area contributed by atoms with E-state index in [-0.39, 0.29) is 17.6 Å². The number of benzene rings is 2. The SMILES string of the molecule is Cc1ccc(NC2=C(NC3CCCCC3)C(=O)c3ccccc3C2=O)cc1. The average molecular weight is 360 g/mol. The van der Waals surface area contributed by atoms with Gasteiger partial charge in [0.25, 0.3) is 0 Å². The summed E-state index contributed by atoms with van der Waals surface area (Å²) in [6, 6.07) is 15.1. The van der Waals surface area contributed by atoms with Gasteiger partial charge in [0, 0.05) is 22.9 Å². The van der Waals surface area contributed by atoms with E-state index in [2.05, 4.69) is 10.6 Å². The van der Waals surface area contributed by atoms with Crippen LogP contribution in [0.15, 0.2) is 59.9 Å². The van der Waals surface area contributed by atoms with Crippen LogP contribution in [0.1, 0.15) is 58.4 Å². The number of hydrogen-bond acceptors (Lipinski definition) is 4. The summed E-state index contributed by atoms with van der Waals surface area (Å²) >= 11 is 0. The van der Waals surface area contributed by atoms with Crippen LogP contribution >= 0.6 is 0 Å². The molecule has 0 atom stereocenters. The first-order chi connectivity index (χ1) is 13.1. The summed E-state index contributed by atoms with van der Waals surface area (Å²) in [6.07, 6.45) is 5.62. The molecule has 4 heteroatoms. The molecule has 0 bridgehead atoms. The molecule has 1 fully saturated rings. The van der Waals surface area contributed by atoms with Gasteiger partial charge < -0.3 is 10.6 Å². The molecular formula is C23H24N2O2. The number of carbonyl (C=O) groups excluding carboxylic acids is 2. The van der Waals surface area contributed by atoms with Gasteiger partial charge in [-0.25, -0.2) is 0 Å². The zero-order valence-electron chi connectivity index (χ0n) is 15.5. The molecule has 2 N–H and O–H groups in total. The van der Waals surface area contributed by atoms with Gasteiger partial charge in [-0.1, -0.05) is 61.2 Å². The summed E-state index contributed by atoms with van der Waals surface area (Å²) < 4.78 is 0. The highest BCUT2D eigenvalue weighted by Gasteiger charge is 2.33. The van der Waals surface area contributed by atoms with Crippen LogP contribution in [-0.4, -0.2) is 17.6 Å². The van der Waals surface area contributed by atoms with Gasteiger partial charge in [-0.15, -0.1) is 0 Å². The molecular weight excluding hydrogens is 336 g/mol. The molecule has 0 aliphatic heterocycles. The zero-order chi connectivity index (χ0) is 18.8. The second-order valence-corrected chi connectivity index (χ2v) is 7.42. The maximum Gasteiger partial charge on any atom is 0.212 e. The number of nitrogens with one attached hydrogen (secondary N) is 2. The minimum absolute atomic E-state index is 0.106. The van der Waals surface area contributed by atoms with Gasteiger partial charge >= 0.3 is 0 Å². The van der Waals surface area contributed by atoms with Gasteiger partial charge in [-0.3, -0.25) is 9.59 Å². The Morgan fingerprint density at radius 1 is 0.778 bits per heavy atom. The van der Waals surface area contributed by atoms with Crippen LogP contribution in [0.25, 0.3) is 0 Å². The minimum atomic E-state index is -0.135. The van der Waals surface area contributed by atoms with Crippen molar-refractivity contribution in [1.29, 1.82) is 0 Å². The van der Waals surface area contributed by atoms with Crippen LogP contribution < -0.4 is 10.6 Å². The van der Waals surface area contributed by atoms with Crippen molar-refractivity contribution in [2.45, 2.75) is 45.1 Å². The lowest BCUT2D eigenvalue weighted by Crippen LogP contribution is -2.39. The second-order valence-electron chi connectivity index (χ2n) is 7.42. The first-order valence-electron chi connectivity index (χ1n) is 9.66. The quantitative estimate of drug-likeness (QED) is 0.835. The van der Waals surface area contributed by atoms with E-state index in [1.165, 1.54) is 6.42 Å². The van der Waals surface area contributed by atoms with E-state index in [0.29, 0.717) is 22.5 Å². The molecule has 0 amide bonds. The van der Waals surface area contributed by atoms with Crippen LogP contribution in [0, 0.1) is 6.92 Å². The van der Waals surface area contributed by atoms with Crippen LogP contribution in [0.3, 0.4) is 0 Å². The summed E-state index contributed by atoms with van der Waals surface area (Å²) in [5.41, 5.74) is 3.66. The van der Waals surface area contributed by atoms with Crippen molar-refractivity contribution in [3.05, 3.63) is 76.6 Å². The van der Waals surface area contributed by atoms with E-state index >= 15 is 0 Å². The molecule has 2 aromatic carbocycles. The van der Waals surface area contributed by atoms with Crippen molar-refractivity contribution >= 4 is 17.3 Å². The number of hydrogen-bond donors (Lipinski definition) is 2. The summed E-state index contributed by atoms with van der Waals surface area (Å²) in [4.78, 5) is 26.4. The van der Waals surface area contributed by atoms with Crippen molar-refractivity contribution in [2.24, 2.45) is 0 Å². The molecule has 1 saturated carbocycles. The molecule has 0 aromatic heterocycles. The lowest BCUT2D eigenvalue weighted by molar-refractivity contribution is 0.0966. The van der Waals surface area contributed by atoms with E-state index in [1.807, 2.05) is 31.2 Å². The zero-order valence-corrected chi connectivity index (χ0v) is 15.5. The van der Waals surface area contributed by atoms with Crippen molar-refractivity contribution in [3.8, 4) is 0 Å². The third-order valence-corrected chi connectivity index (χ3v) is 5.39. The van der Waals surface area contributed by atoms with Gasteiger partial charge in [0.1, 0.15) is 11.4 Å². The van der Waals surface area contributed by atoms with Gasteiger partial charge in [-0.05, 0) is 31.9 Å². The van der Waals surface area contributed by atoms with Crippen molar-refractivity contribution in [3.63, 3.8) is 0 Å². The third kappa shape index (κ3) is 3.52. The number of carbonyl (C=O) groups is 2. The smallest absolute Gasteiger partial charge is 0.212 e. The number of allylic oxidation sites excluding steroid dienone is 2. The highest BCUT2D eigenvalue weighted by molar-refractivity contribution is 6.27. The topological polar surface area (TPSA) is 58.2 Å². The van der Waals surface area contributed by atoms with E-state index in [1.54, 1.807) is 24.3 Å². The lowest BCUT2D eigenvalue weighted by atomic mass is 9.88. The summed E-state index contributed by atoms with van der Waals surface area (Å²) in [5.74, 6) is -0.241. The van der Waals surface area contributed by atoms with Crippen LogP contribution in [0.4, 0.5) is 5.69 Å². The average Bonchev–Trinajstić information content (AvgIpc) is 2.71. The fraction of sp³-hybridized carbons (Fsp3) is 0.304. The molecule has 4 nitrogen and oxygen atoms in total. The van der Waals surface area contributed by atoms with Gasteiger partial charge in [0.2, 0.25) is 11.6 Å². The Hall–Kier alpha value is -2.88. The largest absolute Gasteiger partial charge is 0.377 e. The first-order valence-corrected chi connectivity index (χ1v) is 9.66. The van der Waals surface area contributed by atoms with E-state index < -0.39 is 0 Å². The molecule has 2 aliphatic rings. The van der Waals surface area contributed by atoms with Crippen molar-refractivity contribution in [2.75, 3.05) is 5.32 Å². The van der Waals surface area contributed by atoms with Crippen molar-refractivity contribution < 1.29 is 9.59 Å². The van der Waals surface area contributed by atoms with Crippen molar-refractivity contribution in [1.82, 2.24) is 5.32 Å². The van der Waals surface area contributed by atoms with E-state index in [9.17, 15) is 9.59 Å². The Labute approximate surface area is 159 Å². The van der Waals surface area contributed by atoms with Gasteiger partial charge in [-0.2, -0.15) is 0 Å². The Kier molecular flexibility index (Phi) is 4.80. The van der Waals surface area contributed by atoms with Gasteiger partial charge in [0.05, 0.1) is 0 Å². The molecule has 27 heavy (non-hydrogen) atoms. The maximum atomic E-state index is 13.2. The van der Waals surface area contributed by atoms with E-state index in [0.717, 1.165) is 36.9 Å². The molecule has 0 saturated heterocycles. The fourth-order valence-corrected chi connectivity index (χ4v) is 3.86. The molecule has 4 rings (SSSR count). The lowest BCUT2D eigenvalue weighted by Gasteiger charge is -2.29. The number of rotatable bonds is 4. The number of aryl methyl sites for hydroxylation is 1. The molecule has 2 aromatic rings. The Balaban J connectivity index is 1.73. The van der Waals surface area contributed by atoms with Crippen LogP contribution in [-0.2, 0) is 0 Å².